The number of nitrogens with zero attached hydrogens (tertiary/aromatic N) is 1. The summed E-state index contributed by atoms with van der Waals surface area (Å²) in [4.78, 5) is 10.4. The summed E-state index contributed by atoms with van der Waals surface area (Å²) in [7, 11) is 1.43. The summed E-state index contributed by atoms with van der Waals surface area (Å²) in [5.74, 6) is 0.259. The van der Waals surface area contributed by atoms with Gasteiger partial charge in [-0.25, -0.2) is 0 Å². The SMILES string of the molecule is COc1cc(NC(C)C2CCCO2)ccc1[N+](=O)[O-]. The summed E-state index contributed by atoms with van der Waals surface area (Å²) in [6.07, 6.45) is 2.32. The van der Waals surface area contributed by atoms with E-state index in [2.05, 4.69) is 5.32 Å². The minimum atomic E-state index is -0.452. The standard InChI is InChI=1S/C13H18N2O4/c1-9(12-4-3-7-19-12)14-10-5-6-11(15(16)17)13(8-10)18-2/h5-6,8-9,12,14H,3-4,7H2,1-2H3. The first-order chi connectivity index (χ1) is 9.11. The van der Waals surface area contributed by atoms with Crippen LogP contribution in [0.3, 0.4) is 0 Å². The van der Waals surface area contributed by atoms with Crippen molar-refractivity contribution in [2.24, 2.45) is 0 Å². The van der Waals surface area contributed by atoms with Crippen molar-refractivity contribution in [3.8, 4) is 5.75 Å². The lowest BCUT2D eigenvalue weighted by atomic mass is 10.1. The first kappa shape index (κ1) is 13.6. The van der Waals surface area contributed by atoms with E-state index >= 15 is 0 Å². The molecule has 2 rings (SSSR count). The predicted octanol–water partition coefficient (Wildman–Crippen LogP) is 2.58. The molecule has 1 aliphatic rings. The van der Waals surface area contributed by atoms with Gasteiger partial charge in [0.1, 0.15) is 0 Å². The number of benzene rings is 1. The Labute approximate surface area is 111 Å². The topological polar surface area (TPSA) is 73.6 Å². The van der Waals surface area contributed by atoms with Crippen molar-refractivity contribution in [1.82, 2.24) is 0 Å². The maximum atomic E-state index is 10.8. The van der Waals surface area contributed by atoms with Crippen molar-refractivity contribution >= 4 is 11.4 Å². The van der Waals surface area contributed by atoms with Crippen LogP contribution in [0.15, 0.2) is 18.2 Å². The summed E-state index contributed by atoms with van der Waals surface area (Å²) in [5.41, 5.74) is 0.767. The van der Waals surface area contributed by atoms with Crippen molar-refractivity contribution in [2.75, 3.05) is 19.0 Å². The quantitative estimate of drug-likeness (QED) is 0.655. The number of hydrogen-bond acceptors (Lipinski definition) is 5. The smallest absolute Gasteiger partial charge is 0.311 e. The van der Waals surface area contributed by atoms with Gasteiger partial charge in [0.05, 0.1) is 18.1 Å². The fraction of sp³-hybridized carbons (Fsp3) is 0.538. The van der Waals surface area contributed by atoms with E-state index < -0.39 is 4.92 Å². The number of anilines is 1. The number of nitrogens with one attached hydrogen (secondary N) is 1. The summed E-state index contributed by atoms with van der Waals surface area (Å²) in [6, 6.07) is 4.94. The first-order valence-electron chi connectivity index (χ1n) is 6.32. The number of ether oxygens (including phenoxy) is 2. The zero-order chi connectivity index (χ0) is 13.8. The van der Waals surface area contributed by atoms with E-state index in [1.165, 1.54) is 13.2 Å². The first-order valence-corrected chi connectivity index (χ1v) is 6.32. The maximum absolute atomic E-state index is 10.8. The number of nitro groups is 1. The van der Waals surface area contributed by atoms with Crippen LogP contribution in [0.2, 0.25) is 0 Å². The van der Waals surface area contributed by atoms with Gasteiger partial charge in [0.25, 0.3) is 0 Å². The number of hydrogen-bond donors (Lipinski definition) is 1. The molecule has 2 atom stereocenters. The Morgan fingerprint density at radius 2 is 2.37 bits per heavy atom. The monoisotopic (exact) mass is 266 g/mol. The van der Waals surface area contributed by atoms with Gasteiger partial charge in [-0.15, -0.1) is 0 Å². The fourth-order valence-electron chi connectivity index (χ4n) is 2.27. The highest BCUT2D eigenvalue weighted by atomic mass is 16.6. The maximum Gasteiger partial charge on any atom is 0.311 e. The van der Waals surface area contributed by atoms with Crippen LogP contribution in [0.25, 0.3) is 0 Å². The molecule has 104 valence electrons. The molecule has 1 aliphatic heterocycles. The lowest BCUT2D eigenvalue weighted by Gasteiger charge is -2.21. The second kappa shape index (κ2) is 5.88. The molecule has 0 amide bonds. The molecule has 1 fully saturated rings. The van der Waals surface area contributed by atoms with E-state index in [1.54, 1.807) is 12.1 Å². The average molecular weight is 266 g/mol. The van der Waals surface area contributed by atoms with Crippen LogP contribution >= 0.6 is 0 Å². The highest BCUT2D eigenvalue weighted by molar-refractivity contribution is 5.58. The summed E-state index contributed by atoms with van der Waals surface area (Å²) in [6.45, 7) is 2.85. The molecule has 1 aromatic carbocycles. The van der Waals surface area contributed by atoms with Crippen molar-refractivity contribution < 1.29 is 14.4 Å². The molecule has 1 saturated heterocycles. The van der Waals surface area contributed by atoms with Crippen LogP contribution in [-0.2, 0) is 4.74 Å². The predicted molar refractivity (Wildman–Crippen MR) is 71.7 cm³/mol. The van der Waals surface area contributed by atoms with Gasteiger partial charge < -0.3 is 14.8 Å². The summed E-state index contributed by atoms with van der Waals surface area (Å²) >= 11 is 0. The van der Waals surface area contributed by atoms with E-state index in [4.69, 9.17) is 9.47 Å². The average Bonchev–Trinajstić information content (AvgIpc) is 2.92. The largest absolute Gasteiger partial charge is 0.490 e. The van der Waals surface area contributed by atoms with Crippen LogP contribution in [-0.4, -0.2) is 30.8 Å². The highest BCUT2D eigenvalue weighted by Crippen LogP contribution is 2.30. The molecular weight excluding hydrogens is 248 g/mol. The molecule has 0 bridgehead atoms. The molecular formula is C13H18N2O4. The second-order valence-electron chi connectivity index (χ2n) is 4.63. The Kier molecular flexibility index (Phi) is 4.21. The third kappa shape index (κ3) is 3.14. The zero-order valence-electron chi connectivity index (χ0n) is 11.1. The van der Waals surface area contributed by atoms with Crippen LogP contribution < -0.4 is 10.1 Å². The molecule has 19 heavy (non-hydrogen) atoms. The molecule has 0 spiro atoms. The summed E-state index contributed by atoms with van der Waals surface area (Å²) < 4.78 is 10.6. The molecule has 6 nitrogen and oxygen atoms in total. The van der Waals surface area contributed by atoms with E-state index in [9.17, 15) is 10.1 Å². The van der Waals surface area contributed by atoms with Gasteiger partial charge in [-0.2, -0.15) is 0 Å². The number of nitro benzene ring substituents is 1. The minimum absolute atomic E-state index is 0.0298. The third-order valence-electron chi connectivity index (χ3n) is 3.29. The highest BCUT2D eigenvalue weighted by Gasteiger charge is 2.23. The summed E-state index contributed by atoms with van der Waals surface area (Å²) in [5, 5.41) is 14.1. The van der Waals surface area contributed by atoms with E-state index in [-0.39, 0.29) is 23.6 Å². The molecule has 0 aliphatic carbocycles. The van der Waals surface area contributed by atoms with E-state index in [0.29, 0.717) is 0 Å². The Morgan fingerprint density at radius 1 is 1.58 bits per heavy atom. The Bertz CT molecular complexity index is 458. The molecule has 2 unspecified atom stereocenters. The fourth-order valence-corrected chi connectivity index (χ4v) is 2.27. The van der Waals surface area contributed by atoms with E-state index in [0.717, 1.165) is 25.1 Å². The molecule has 1 aromatic rings. The molecule has 1 N–H and O–H groups in total. The number of methoxy groups -OCH3 is 1. The van der Waals surface area contributed by atoms with Gasteiger partial charge in [0, 0.05) is 30.5 Å². The Hall–Kier alpha value is -1.82. The molecule has 1 heterocycles. The zero-order valence-corrected chi connectivity index (χ0v) is 11.1. The van der Waals surface area contributed by atoms with Gasteiger partial charge in [0.15, 0.2) is 5.75 Å². The lowest BCUT2D eigenvalue weighted by Crippen LogP contribution is -2.29. The van der Waals surface area contributed by atoms with Crippen LogP contribution in [0.1, 0.15) is 19.8 Å². The van der Waals surface area contributed by atoms with E-state index in [1.807, 2.05) is 6.92 Å². The third-order valence-corrected chi connectivity index (χ3v) is 3.29. The van der Waals surface area contributed by atoms with Crippen LogP contribution in [0.4, 0.5) is 11.4 Å². The molecule has 0 aromatic heterocycles. The van der Waals surface area contributed by atoms with Crippen LogP contribution in [0.5, 0.6) is 5.75 Å². The van der Waals surface area contributed by atoms with Crippen LogP contribution in [0, 0.1) is 10.1 Å². The van der Waals surface area contributed by atoms with Gasteiger partial charge >= 0.3 is 5.69 Å². The second-order valence-corrected chi connectivity index (χ2v) is 4.63. The normalized spacial score (nSPS) is 20.0. The molecule has 6 heteroatoms. The van der Waals surface area contributed by atoms with Crippen molar-refractivity contribution in [1.29, 1.82) is 0 Å². The van der Waals surface area contributed by atoms with Crippen molar-refractivity contribution in [2.45, 2.75) is 31.9 Å². The lowest BCUT2D eigenvalue weighted by molar-refractivity contribution is -0.385. The van der Waals surface area contributed by atoms with Gasteiger partial charge in [-0.1, -0.05) is 0 Å². The Balaban J connectivity index is 2.10. The number of rotatable bonds is 5. The van der Waals surface area contributed by atoms with Gasteiger partial charge in [0.2, 0.25) is 0 Å². The molecule has 0 radical (unpaired) electrons. The van der Waals surface area contributed by atoms with Gasteiger partial charge in [-0.3, -0.25) is 10.1 Å². The van der Waals surface area contributed by atoms with Crippen molar-refractivity contribution in [3.05, 3.63) is 28.3 Å². The van der Waals surface area contributed by atoms with Gasteiger partial charge in [-0.05, 0) is 25.8 Å². The Morgan fingerprint density at radius 3 is 2.95 bits per heavy atom. The molecule has 0 saturated carbocycles. The minimum Gasteiger partial charge on any atom is -0.490 e. The van der Waals surface area contributed by atoms with Crippen molar-refractivity contribution in [3.63, 3.8) is 0 Å².